The molecule has 0 spiro atoms. The van der Waals surface area contributed by atoms with Crippen molar-refractivity contribution in [1.29, 1.82) is 5.26 Å². The Kier molecular flexibility index (Phi) is 5.55. The van der Waals surface area contributed by atoms with Gasteiger partial charge in [-0.1, -0.05) is 38.6 Å². The molecular formula is C21H24N2OS2. The van der Waals surface area contributed by atoms with Crippen molar-refractivity contribution in [2.24, 2.45) is 11.3 Å². The van der Waals surface area contributed by atoms with Gasteiger partial charge in [0.2, 0.25) is 0 Å². The molecule has 0 unspecified atom stereocenters. The molecule has 1 atom stereocenters. The molecule has 2 aromatic heterocycles. The average molecular weight is 385 g/mol. The molecule has 0 amide bonds. The number of nitrogens with zero attached hydrogens (tertiary/aromatic N) is 2. The van der Waals surface area contributed by atoms with Crippen molar-refractivity contribution in [3.8, 4) is 16.5 Å². The number of fused-ring (bicyclic) bond motifs is 1. The van der Waals surface area contributed by atoms with Gasteiger partial charge in [-0.25, -0.2) is 4.98 Å². The number of hydrogen-bond donors (Lipinski definition) is 0. The highest BCUT2D eigenvalue weighted by Crippen LogP contribution is 2.44. The lowest BCUT2D eigenvalue weighted by Gasteiger charge is -2.35. The predicted molar refractivity (Wildman–Crippen MR) is 109 cm³/mol. The summed E-state index contributed by atoms with van der Waals surface area (Å²) in [5.74, 6) is 1.04. The fourth-order valence-corrected chi connectivity index (χ4v) is 5.15. The zero-order valence-corrected chi connectivity index (χ0v) is 17.4. The van der Waals surface area contributed by atoms with Gasteiger partial charge in [0.25, 0.3) is 0 Å². The van der Waals surface area contributed by atoms with E-state index in [-0.39, 0.29) is 11.2 Å². The molecule has 26 heavy (non-hydrogen) atoms. The van der Waals surface area contributed by atoms with Crippen LogP contribution in [0, 0.1) is 22.7 Å². The maximum absolute atomic E-state index is 11.4. The Bertz CT molecular complexity index is 858. The van der Waals surface area contributed by atoms with E-state index in [0.717, 1.165) is 35.4 Å². The van der Waals surface area contributed by atoms with Gasteiger partial charge in [-0.15, -0.1) is 11.3 Å². The molecule has 0 aromatic carbocycles. The third-order valence-corrected chi connectivity index (χ3v) is 7.05. The van der Waals surface area contributed by atoms with Gasteiger partial charge in [0.1, 0.15) is 16.9 Å². The molecule has 0 saturated heterocycles. The van der Waals surface area contributed by atoms with Crippen molar-refractivity contribution in [3.05, 3.63) is 34.3 Å². The highest BCUT2D eigenvalue weighted by molar-refractivity contribution is 8.00. The number of thioether (sulfide) groups is 1. The van der Waals surface area contributed by atoms with Crippen LogP contribution in [-0.2, 0) is 17.6 Å². The third-order valence-electron chi connectivity index (χ3n) is 5.05. The van der Waals surface area contributed by atoms with Crippen molar-refractivity contribution >= 4 is 28.9 Å². The molecule has 0 radical (unpaired) electrons. The van der Waals surface area contributed by atoms with E-state index in [0.29, 0.717) is 22.3 Å². The van der Waals surface area contributed by atoms with Crippen molar-refractivity contribution < 1.29 is 4.79 Å². The van der Waals surface area contributed by atoms with Crippen LogP contribution in [0.25, 0.3) is 10.4 Å². The van der Waals surface area contributed by atoms with Crippen molar-refractivity contribution in [2.75, 3.05) is 5.75 Å². The van der Waals surface area contributed by atoms with E-state index in [4.69, 9.17) is 4.98 Å². The fourth-order valence-electron chi connectivity index (χ4n) is 3.54. The molecule has 3 nitrogen and oxygen atoms in total. The second-order valence-corrected chi connectivity index (χ2v) is 9.89. The summed E-state index contributed by atoms with van der Waals surface area (Å²) in [6.07, 6.45) is 3.02. The van der Waals surface area contributed by atoms with Gasteiger partial charge in [0, 0.05) is 16.1 Å². The summed E-state index contributed by atoms with van der Waals surface area (Å²) in [5.41, 5.74) is 4.26. The molecule has 136 valence electrons. The molecule has 0 saturated carbocycles. The summed E-state index contributed by atoms with van der Waals surface area (Å²) in [6, 6.07) is 6.50. The lowest BCUT2D eigenvalue weighted by molar-refractivity contribution is -0.114. The summed E-state index contributed by atoms with van der Waals surface area (Å²) in [5, 5.41) is 12.7. The van der Waals surface area contributed by atoms with Crippen LogP contribution < -0.4 is 0 Å². The Morgan fingerprint density at radius 3 is 2.81 bits per heavy atom. The van der Waals surface area contributed by atoms with E-state index in [1.54, 1.807) is 18.3 Å². The standard InChI is InChI=1S/C21H24N2OS2/c1-13(24)12-26-20-16(11-22)19(18-6-5-9-25-18)15-10-14(21(2,3)4)7-8-17(15)23-20/h5-6,9,14H,7-8,10,12H2,1-4H3/t14-/m0/s1. The molecule has 1 aliphatic carbocycles. The summed E-state index contributed by atoms with van der Waals surface area (Å²) in [6.45, 7) is 8.46. The number of nitriles is 1. The minimum atomic E-state index is 0.101. The maximum Gasteiger partial charge on any atom is 0.140 e. The first-order chi connectivity index (χ1) is 12.3. The number of rotatable bonds is 4. The number of carbonyl (C=O) groups excluding carboxylic acids is 1. The minimum absolute atomic E-state index is 0.101. The molecule has 0 aliphatic heterocycles. The number of thiophene rings is 1. The zero-order chi connectivity index (χ0) is 18.9. The van der Waals surface area contributed by atoms with E-state index in [1.807, 2.05) is 6.07 Å². The Morgan fingerprint density at radius 2 is 2.23 bits per heavy atom. The molecule has 3 rings (SSSR count). The van der Waals surface area contributed by atoms with Gasteiger partial charge in [0.05, 0.1) is 11.3 Å². The number of pyridine rings is 1. The lowest BCUT2D eigenvalue weighted by atomic mass is 9.70. The molecule has 2 aromatic rings. The maximum atomic E-state index is 11.4. The van der Waals surface area contributed by atoms with E-state index < -0.39 is 0 Å². The Balaban J connectivity index is 2.16. The molecule has 1 aliphatic rings. The molecule has 5 heteroatoms. The SMILES string of the molecule is CC(=O)CSc1nc2c(c(-c3cccs3)c1C#N)C[C@@H](C(C)(C)C)CC2. The van der Waals surface area contributed by atoms with Crippen LogP contribution in [0.4, 0.5) is 0 Å². The Morgan fingerprint density at radius 1 is 1.46 bits per heavy atom. The molecule has 2 heterocycles. The first-order valence-corrected chi connectivity index (χ1v) is 10.8. The van der Waals surface area contributed by atoms with Gasteiger partial charge < -0.3 is 0 Å². The second-order valence-electron chi connectivity index (χ2n) is 7.98. The minimum Gasteiger partial charge on any atom is -0.299 e. The molecular weight excluding hydrogens is 360 g/mol. The smallest absolute Gasteiger partial charge is 0.140 e. The Labute approximate surface area is 163 Å². The van der Waals surface area contributed by atoms with Crippen molar-refractivity contribution in [3.63, 3.8) is 0 Å². The number of aromatic nitrogens is 1. The van der Waals surface area contributed by atoms with Gasteiger partial charge in [-0.3, -0.25) is 4.79 Å². The zero-order valence-electron chi connectivity index (χ0n) is 15.8. The number of carbonyl (C=O) groups is 1. The van der Waals surface area contributed by atoms with Crippen LogP contribution in [0.1, 0.15) is 50.9 Å². The van der Waals surface area contributed by atoms with E-state index in [2.05, 4.69) is 38.3 Å². The number of ketones is 1. The highest BCUT2D eigenvalue weighted by atomic mass is 32.2. The van der Waals surface area contributed by atoms with Gasteiger partial charge in [-0.2, -0.15) is 5.26 Å². The molecule has 0 bridgehead atoms. The van der Waals surface area contributed by atoms with E-state index >= 15 is 0 Å². The van der Waals surface area contributed by atoms with Crippen molar-refractivity contribution in [2.45, 2.75) is 52.0 Å². The number of aryl methyl sites for hydroxylation is 1. The van der Waals surface area contributed by atoms with Gasteiger partial charge >= 0.3 is 0 Å². The summed E-state index contributed by atoms with van der Waals surface area (Å²) < 4.78 is 0. The van der Waals surface area contributed by atoms with Crippen LogP contribution in [0.2, 0.25) is 0 Å². The Hall–Kier alpha value is -1.64. The van der Waals surface area contributed by atoms with Gasteiger partial charge in [0.15, 0.2) is 0 Å². The summed E-state index contributed by atoms with van der Waals surface area (Å²) in [4.78, 5) is 17.4. The fraction of sp³-hybridized carbons (Fsp3) is 0.476. The van der Waals surface area contributed by atoms with Crippen LogP contribution in [0.15, 0.2) is 22.5 Å². The van der Waals surface area contributed by atoms with Crippen molar-refractivity contribution in [1.82, 2.24) is 4.98 Å². The third kappa shape index (κ3) is 3.87. The normalized spacial score (nSPS) is 16.8. The largest absolute Gasteiger partial charge is 0.299 e. The first kappa shape index (κ1) is 19.1. The predicted octanol–water partition coefficient (Wildman–Crippen LogP) is 5.51. The van der Waals surface area contributed by atoms with Crippen LogP contribution in [0.5, 0.6) is 0 Å². The van der Waals surface area contributed by atoms with E-state index in [1.165, 1.54) is 17.3 Å². The monoisotopic (exact) mass is 384 g/mol. The summed E-state index contributed by atoms with van der Waals surface area (Å²) in [7, 11) is 0. The highest BCUT2D eigenvalue weighted by Gasteiger charge is 2.33. The average Bonchev–Trinajstić information content (AvgIpc) is 3.11. The van der Waals surface area contributed by atoms with Crippen LogP contribution in [0.3, 0.4) is 0 Å². The van der Waals surface area contributed by atoms with Gasteiger partial charge in [-0.05, 0) is 54.5 Å². The van der Waals surface area contributed by atoms with E-state index in [9.17, 15) is 10.1 Å². The number of hydrogen-bond acceptors (Lipinski definition) is 5. The first-order valence-electron chi connectivity index (χ1n) is 8.93. The topological polar surface area (TPSA) is 53.8 Å². The quantitative estimate of drug-likeness (QED) is 0.652. The second kappa shape index (κ2) is 7.54. The molecule has 0 fully saturated rings. The van der Waals surface area contributed by atoms with Crippen LogP contribution >= 0.6 is 23.1 Å². The number of Topliss-reactive ketones (excluding diaryl/α,β-unsaturated/α-hetero) is 1. The summed E-state index contributed by atoms with van der Waals surface area (Å²) >= 11 is 3.06. The van der Waals surface area contributed by atoms with Crippen LogP contribution in [-0.4, -0.2) is 16.5 Å². The molecule has 0 N–H and O–H groups in total. The lowest BCUT2D eigenvalue weighted by Crippen LogP contribution is -2.28.